The number of halogens is 1. The number of carbonyl (C=O) groups excluding carboxylic acids is 2. The number of carbonyl (C=O) groups is 2. The highest BCUT2D eigenvalue weighted by atomic mass is 19.1. The SMILES string of the molecule is C[C@H](C(=O)NC(=O)NC1CCCCC1)N(C)Cc1ccc(F)cc1. The molecule has 3 amide bonds. The average Bonchev–Trinajstić information content (AvgIpc) is 2.57. The standard InChI is InChI=1S/C18H26FN3O2/c1-13(22(2)12-14-8-10-15(19)11-9-14)17(23)21-18(24)20-16-6-4-3-5-7-16/h8-11,13,16H,3-7,12H2,1-2H3,(H2,20,21,23,24)/t13-/m1/s1. The first-order chi connectivity index (χ1) is 11.5. The molecule has 0 saturated heterocycles. The van der Waals surface area contributed by atoms with E-state index in [0.717, 1.165) is 31.2 Å². The molecule has 0 aromatic heterocycles. The molecular formula is C18H26FN3O2. The van der Waals surface area contributed by atoms with Crippen LogP contribution in [0.15, 0.2) is 24.3 Å². The van der Waals surface area contributed by atoms with Gasteiger partial charge in [-0.25, -0.2) is 9.18 Å². The number of amides is 3. The molecule has 0 aliphatic heterocycles. The summed E-state index contributed by atoms with van der Waals surface area (Å²) in [7, 11) is 1.80. The van der Waals surface area contributed by atoms with Gasteiger partial charge in [0, 0.05) is 12.6 Å². The summed E-state index contributed by atoms with van der Waals surface area (Å²) in [6.45, 7) is 2.24. The van der Waals surface area contributed by atoms with E-state index in [1.807, 2.05) is 4.90 Å². The third-order valence-corrected chi connectivity index (χ3v) is 4.56. The van der Waals surface area contributed by atoms with Crippen LogP contribution in [-0.4, -0.2) is 36.0 Å². The first-order valence-corrected chi connectivity index (χ1v) is 8.51. The van der Waals surface area contributed by atoms with Gasteiger partial charge < -0.3 is 5.32 Å². The van der Waals surface area contributed by atoms with Crippen molar-refractivity contribution in [2.24, 2.45) is 0 Å². The van der Waals surface area contributed by atoms with Crippen molar-refractivity contribution in [1.82, 2.24) is 15.5 Å². The number of hydrogen-bond donors (Lipinski definition) is 2. The zero-order valence-corrected chi connectivity index (χ0v) is 14.3. The van der Waals surface area contributed by atoms with Crippen LogP contribution in [0, 0.1) is 5.82 Å². The first kappa shape index (κ1) is 18.4. The molecule has 1 fully saturated rings. The Hall–Kier alpha value is -1.95. The summed E-state index contributed by atoms with van der Waals surface area (Å²) in [5.41, 5.74) is 0.908. The molecular weight excluding hydrogens is 309 g/mol. The first-order valence-electron chi connectivity index (χ1n) is 8.51. The Kier molecular flexibility index (Phi) is 6.73. The van der Waals surface area contributed by atoms with Gasteiger partial charge in [0.25, 0.3) is 0 Å². The van der Waals surface area contributed by atoms with Crippen LogP contribution >= 0.6 is 0 Å². The third kappa shape index (κ3) is 5.60. The van der Waals surface area contributed by atoms with Gasteiger partial charge in [0.2, 0.25) is 5.91 Å². The minimum absolute atomic E-state index is 0.166. The van der Waals surface area contributed by atoms with Gasteiger partial charge in [-0.15, -0.1) is 0 Å². The molecule has 5 nitrogen and oxygen atoms in total. The summed E-state index contributed by atoms with van der Waals surface area (Å²) >= 11 is 0. The van der Waals surface area contributed by atoms with Crippen molar-refractivity contribution in [3.63, 3.8) is 0 Å². The largest absolute Gasteiger partial charge is 0.335 e. The number of rotatable bonds is 5. The quantitative estimate of drug-likeness (QED) is 0.870. The van der Waals surface area contributed by atoms with Crippen LogP contribution in [0.4, 0.5) is 9.18 Å². The zero-order chi connectivity index (χ0) is 17.5. The van der Waals surface area contributed by atoms with Gasteiger partial charge in [-0.2, -0.15) is 0 Å². The van der Waals surface area contributed by atoms with Gasteiger partial charge in [0.15, 0.2) is 0 Å². The van der Waals surface area contributed by atoms with Crippen LogP contribution in [0.2, 0.25) is 0 Å². The fourth-order valence-corrected chi connectivity index (χ4v) is 2.90. The minimum Gasteiger partial charge on any atom is -0.335 e. The highest BCUT2D eigenvalue weighted by Gasteiger charge is 2.22. The molecule has 1 saturated carbocycles. The summed E-state index contributed by atoms with van der Waals surface area (Å²) in [5.74, 6) is -0.625. The molecule has 6 heteroatoms. The maximum Gasteiger partial charge on any atom is 0.321 e. The highest BCUT2D eigenvalue weighted by molar-refractivity contribution is 5.96. The van der Waals surface area contributed by atoms with Gasteiger partial charge in [-0.1, -0.05) is 31.4 Å². The third-order valence-electron chi connectivity index (χ3n) is 4.56. The van der Waals surface area contributed by atoms with Crippen molar-refractivity contribution >= 4 is 11.9 Å². The summed E-state index contributed by atoms with van der Waals surface area (Å²) in [5, 5.41) is 5.28. The maximum absolute atomic E-state index is 12.9. The number of nitrogens with one attached hydrogen (secondary N) is 2. The van der Waals surface area contributed by atoms with E-state index in [-0.39, 0.29) is 17.8 Å². The second kappa shape index (κ2) is 8.78. The van der Waals surface area contributed by atoms with E-state index < -0.39 is 12.1 Å². The molecule has 1 aromatic carbocycles. The maximum atomic E-state index is 12.9. The number of likely N-dealkylation sites (N-methyl/N-ethyl adjacent to an activating group) is 1. The Labute approximate surface area is 142 Å². The number of imide groups is 1. The van der Waals surface area contributed by atoms with E-state index in [9.17, 15) is 14.0 Å². The predicted molar refractivity (Wildman–Crippen MR) is 90.9 cm³/mol. The molecule has 0 spiro atoms. The zero-order valence-electron chi connectivity index (χ0n) is 14.3. The molecule has 132 valence electrons. The molecule has 1 aromatic rings. The van der Waals surface area contributed by atoms with Crippen LogP contribution in [0.3, 0.4) is 0 Å². The van der Waals surface area contributed by atoms with Crippen molar-refractivity contribution < 1.29 is 14.0 Å². The van der Waals surface area contributed by atoms with E-state index in [1.54, 1.807) is 26.1 Å². The van der Waals surface area contributed by atoms with Crippen LogP contribution in [0.5, 0.6) is 0 Å². The lowest BCUT2D eigenvalue weighted by Crippen LogP contribution is -2.50. The van der Waals surface area contributed by atoms with Crippen LogP contribution in [0.1, 0.15) is 44.6 Å². The smallest absolute Gasteiger partial charge is 0.321 e. The van der Waals surface area contributed by atoms with Gasteiger partial charge in [-0.05, 0) is 44.5 Å². The summed E-state index contributed by atoms with van der Waals surface area (Å²) < 4.78 is 12.9. The average molecular weight is 335 g/mol. The van der Waals surface area contributed by atoms with Crippen molar-refractivity contribution in [2.75, 3.05) is 7.05 Å². The lowest BCUT2D eigenvalue weighted by Gasteiger charge is -2.25. The van der Waals surface area contributed by atoms with E-state index in [0.29, 0.717) is 6.54 Å². The minimum atomic E-state index is -0.466. The number of nitrogens with zero attached hydrogens (tertiary/aromatic N) is 1. The molecule has 0 unspecified atom stereocenters. The topological polar surface area (TPSA) is 61.4 Å². The fraction of sp³-hybridized carbons (Fsp3) is 0.556. The molecule has 1 aliphatic carbocycles. The molecule has 24 heavy (non-hydrogen) atoms. The van der Waals surface area contributed by atoms with Gasteiger partial charge in [-0.3, -0.25) is 15.0 Å². The normalized spacial score (nSPS) is 16.7. The molecule has 1 aliphatic rings. The number of hydrogen-bond acceptors (Lipinski definition) is 3. The molecule has 0 radical (unpaired) electrons. The van der Waals surface area contributed by atoms with Gasteiger partial charge in [0.05, 0.1) is 6.04 Å². The summed E-state index contributed by atoms with van der Waals surface area (Å²) in [4.78, 5) is 26.0. The van der Waals surface area contributed by atoms with E-state index >= 15 is 0 Å². The van der Waals surface area contributed by atoms with Crippen molar-refractivity contribution in [3.05, 3.63) is 35.6 Å². The van der Waals surface area contributed by atoms with E-state index in [4.69, 9.17) is 0 Å². The van der Waals surface area contributed by atoms with E-state index in [2.05, 4.69) is 10.6 Å². The number of benzene rings is 1. The Balaban J connectivity index is 1.79. The molecule has 0 bridgehead atoms. The van der Waals surface area contributed by atoms with Crippen molar-refractivity contribution in [1.29, 1.82) is 0 Å². The van der Waals surface area contributed by atoms with Gasteiger partial charge in [0.1, 0.15) is 5.82 Å². The second-order valence-corrected chi connectivity index (χ2v) is 6.52. The molecule has 2 N–H and O–H groups in total. The second-order valence-electron chi connectivity index (χ2n) is 6.52. The Morgan fingerprint density at radius 2 is 1.83 bits per heavy atom. The Morgan fingerprint density at radius 3 is 2.46 bits per heavy atom. The molecule has 0 heterocycles. The Bertz CT molecular complexity index is 556. The Morgan fingerprint density at radius 1 is 1.21 bits per heavy atom. The lowest BCUT2D eigenvalue weighted by atomic mass is 9.96. The number of urea groups is 1. The van der Waals surface area contributed by atoms with Gasteiger partial charge >= 0.3 is 6.03 Å². The monoisotopic (exact) mass is 335 g/mol. The van der Waals surface area contributed by atoms with E-state index in [1.165, 1.54) is 18.6 Å². The summed E-state index contributed by atoms with van der Waals surface area (Å²) in [6.07, 6.45) is 5.40. The molecule has 2 rings (SSSR count). The predicted octanol–water partition coefficient (Wildman–Crippen LogP) is 2.80. The van der Waals surface area contributed by atoms with Crippen molar-refractivity contribution in [2.45, 2.75) is 57.7 Å². The van der Waals surface area contributed by atoms with Crippen LogP contribution in [0.25, 0.3) is 0 Å². The van der Waals surface area contributed by atoms with Crippen LogP contribution < -0.4 is 10.6 Å². The molecule has 1 atom stereocenters. The van der Waals surface area contributed by atoms with Crippen LogP contribution in [-0.2, 0) is 11.3 Å². The highest BCUT2D eigenvalue weighted by Crippen LogP contribution is 2.17. The fourth-order valence-electron chi connectivity index (χ4n) is 2.90. The van der Waals surface area contributed by atoms with Crippen molar-refractivity contribution in [3.8, 4) is 0 Å². The lowest BCUT2D eigenvalue weighted by molar-refractivity contribution is -0.124. The summed E-state index contributed by atoms with van der Waals surface area (Å²) in [6, 6.07) is 5.44.